The molecule has 0 saturated heterocycles. The minimum Gasteiger partial charge on any atom is -0.496 e. The minimum atomic E-state index is 0.125. The predicted molar refractivity (Wildman–Crippen MR) is 73.8 cm³/mol. The van der Waals surface area contributed by atoms with Gasteiger partial charge < -0.3 is 4.74 Å². The summed E-state index contributed by atoms with van der Waals surface area (Å²) in [5.41, 5.74) is 2.70. The molecular formula is C14H21BrO. The molecule has 0 heterocycles. The average Bonchev–Trinajstić information content (AvgIpc) is 2.15. The Morgan fingerprint density at radius 2 is 2.00 bits per heavy atom. The molecule has 0 fully saturated rings. The van der Waals surface area contributed by atoms with Crippen molar-refractivity contribution < 1.29 is 4.74 Å². The normalized spacial score (nSPS) is 13.6. The Morgan fingerprint density at radius 3 is 2.50 bits per heavy atom. The van der Waals surface area contributed by atoms with Crippen LogP contribution in [0.3, 0.4) is 0 Å². The van der Waals surface area contributed by atoms with Crippen LogP contribution in [0.15, 0.2) is 18.2 Å². The lowest BCUT2D eigenvalue weighted by atomic mass is 9.79. The summed E-state index contributed by atoms with van der Waals surface area (Å²) in [4.78, 5) is 0.507. The van der Waals surface area contributed by atoms with Crippen LogP contribution in [0.2, 0.25) is 0 Å². The fourth-order valence-electron chi connectivity index (χ4n) is 2.16. The van der Waals surface area contributed by atoms with E-state index in [4.69, 9.17) is 4.74 Å². The highest BCUT2D eigenvalue weighted by Crippen LogP contribution is 2.36. The Labute approximate surface area is 107 Å². The number of hydrogen-bond acceptors (Lipinski definition) is 1. The van der Waals surface area contributed by atoms with E-state index >= 15 is 0 Å². The molecule has 1 aromatic carbocycles. The Bertz CT molecular complexity index is 356. The summed E-state index contributed by atoms with van der Waals surface area (Å²) in [6.45, 7) is 8.84. The molecule has 2 heteroatoms. The summed E-state index contributed by atoms with van der Waals surface area (Å²) < 4.78 is 5.45. The number of benzene rings is 1. The largest absolute Gasteiger partial charge is 0.496 e. The van der Waals surface area contributed by atoms with Gasteiger partial charge in [0, 0.05) is 10.4 Å². The molecule has 0 bridgehead atoms. The molecule has 0 aliphatic rings. The summed E-state index contributed by atoms with van der Waals surface area (Å²) in [5.74, 6) is 0.990. The predicted octanol–water partition coefficient (Wildman–Crippen LogP) is 4.45. The fourth-order valence-corrected chi connectivity index (χ4v) is 2.97. The van der Waals surface area contributed by atoms with Crippen LogP contribution in [-0.4, -0.2) is 11.9 Å². The van der Waals surface area contributed by atoms with Crippen LogP contribution < -0.4 is 4.74 Å². The summed E-state index contributed by atoms with van der Waals surface area (Å²) >= 11 is 3.63. The molecule has 0 aliphatic carbocycles. The van der Waals surface area contributed by atoms with Gasteiger partial charge >= 0.3 is 0 Å². The number of rotatable bonds is 4. The molecule has 1 nitrogen and oxygen atoms in total. The van der Waals surface area contributed by atoms with E-state index in [1.54, 1.807) is 7.11 Å². The first-order chi connectivity index (χ1) is 7.36. The van der Waals surface area contributed by atoms with Crippen molar-refractivity contribution in [3.63, 3.8) is 0 Å². The van der Waals surface area contributed by atoms with Crippen LogP contribution >= 0.6 is 15.9 Å². The van der Waals surface area contributed by atoms with Gasteiger partial charge in [0.1, 0.15) is 5.75 Å². The molecular weight excluding hydrogens is 264 g/mol. The zero-order chi connectivity index (χ0) is 12.3. The number of methoxy groups -OCH3 is 1. The molecule has 0 spiro atoms. The van der Waals surface area contributed by atoms with Crippen LogP contribution in [0.25, 0.3) is 0 Å². The average molecular weight is 285 g/mol. The fraction of sp³-hybridized carbons (Fsp3) is 0.571. The maximum atomic E-state index is 5.45. The van der Waals surface area contributed by atoms with Crippen LogP contribution in [0.4, 0.5) is 0 Å². The van der Waals surface area contributed by atoms with E-state index in [0.29, 0.717) is 4.83 Å². The van der Waals surface area contributed by atoms with Crippen LogP contribution in [-0.2, 0) is 5.41 Å². The van der Waals surface area contributed by atoms with E-state index in [0.717, 1.165) is 12.2 Å². The third kappa shape index (κ3) is 3.24. The lowest BCUT2D eigenvalue weighted by Gasteiger charge is -2.28. The zero-order valence-electron chi connectivity index (χ0n) is 10.8. The highest BCUT2D eigenvalue weighted by molar-refractivity contribution is 9.09. The van der Waals surface area contributed by atoms with Gasteiger partial charge in [-0.05, 0) is 24.8 Å². The molecule has 0 amide bonds. The second-order valence-electron chi connectivity index (χ2n) is 5.07. The Balaban J connectivity index is 3.14. The summed E-state index contributed by atoms with van der Waals surface area (Å²) in [6.07, 6.45) is 1.09. The van der Waals surface area contributed by atoms with Crippen molar-refractivity contribution in [2.75, 3.05) is 7.11 Å². The number of hydrogen-bond donors (Lipinski definition) is 0. The van der Waals surface area contributed by atoms with Gasteiger partial charge in [0.05, 0.1) is 7.11 Å². The maximum absolute atomic E-state index is 5.45. The molecule has 1 atom stereocenters. The van der Waals surface area contributed by atoms with Gasteiger partial charge in [0.25, 0.3) is 0 Å². The lowest BCUT2D eigenvalue weighted by molar-refractivity contribution is 0.385. The Morgan fingerprint density at radius 1 is 1.38 bits per heavy atom. The molecule has 90 valence electrons. The molecule has 0 aliphatic heterocycles. The molecule has 1 unspecified atom stereocenters. The topological polar surface area (TPSA) is 9.23 Å². The van der Waals surface area contributed by atoms with Crippen molar-refractivity contribution in [3.8, 4) is 5.75 Å². The number of aryl methyl sites for hydroxylation is 1. The van der Waals surface area contributed by atoms with Gasteiger partial charge in [-0.25, -0.2) is 0 Å². The molecule has 1 aromatic rings. The molecule has 1 rings (SSSR count). The van der Waals surface area contributed by atoms with Crippen molar-refractivity contribution in [2.45, 2.75) is 44.4 Å². The Hall–Kier alpha value is -0.500. The third-order valence-electron chi connectivity index (χ3n) is 2.88. The quantitative estimate of drug-likeness (QED) is 0.742. The van der Waals surface area contributed by atoms with Crippen molar-refractivity contribution >= 4 is 15.9 Å². The molecule has 16 heavy (non-hydrogen) atoms. The Kier molecular flexibility index (Phi) is 4.43. The van der Waals surface area contributed by atoms with Crippen molar-refractivity contribution in [2.24, 2.45) is 0 Å². The van der Waals surface area contributed by atoms with E-state index in [-0.39, 0.29) is 5.41 Å². The molecule has 0 radical (unpaired) electrons. The van der Waals surface area contributed by atoms with E-state index < -0.39 is 0 Å². The number of halogens is 1. The lowest BCUT2D eigenvalue weighted by Crippen LogP contribution is -2.21. The summed E-state index contributed by atoms with van der Waals surface area (Å²) in [7, 11) is 1.74. The summed E-state index contributed by atoms with van der Waals surface area (Å²) in [5, 5.41) is 0. The first kappa shape index (κ1) is 13.6. The molecule has 0 aromatic heterocycles. The van der Waals surface area contributed by atoms with Gasteiger partial charge in [-0.1, -0.05) is 54.4 Å². The zero-order valence-corrected chi connectivity index (χ0v) is 12.4. The van der Waals surface area contributed by atoms with E-state index in [1.165, 1.54) is 11.1 Å². The van der Waals surface area contributed by atoms with Gasteiger partial charge in [0.15, 0.2) is 0 Å². The van der Waals surface area contributed by atoms with Gasteiger partial charge in [-0.3, -0.25) is 0 Å². The van der Waals surface area contributed by atoms with Crippen molar-refractivity contribution in [1.82, 2.24) is 0 Å². The second-order valence-corrected chi connectivity index (χ2v) is 6.64. The number of ether oxygens (including phenoxy) is 1. The maximum Gasteiger partial charge on any atom is 0.122 e. The van der Waals surface area contributed by atoms with Crippen molar-refractivity contribution in [3.05, 3.63) is 29.3 Å². The first-order valence-corrected chi connectivity index (χ1v) is 6.57. The van der Waals surface area contributed by atoms with Crippen LogP contribution in [0.5, 0.6) is 5.75 Å². The van der Waals surface area contributed by atoms with E-state index in [2.05, 4.69) is 61.8 Å². The minimum absolute atomic E-state index is 0.125. The van der Waals surface area contributed by atoms with Gasteiger partial charge in [-0.15, -0.1) is 0 Å². The highest BCUT2D eigenvalue weighted by Gasteiger charge is 2.25. The summed E-state index contributed by atoms with van der Waals surface area (Å²) in [6, 6.07) is 6.38. The van der Waals surface area contributed by atoms with Crippen LogP contribution in [0.1, 0.15) is 38.3 Å². The monoisotopic (exact) mass is 284 g/mol. The molecule has 0 N–H and O–H groups in total. The number of alkyl halides is 1. The third-order valence-corrected chi connectivity index (χ3v) is 3.20. The van der Waals surface area contributed by atoms with Gasteiger partial charge in [-0.2, -0.15) is 0 Å². The highest BCUT2D eigenvalue weighted by atomic mass is 79.9. The first-order valence-electron chi connectivity index (χ1n) is 5.66. The van der Waals surface area contributed by atoms with E-state index in [1.807, 2.05) is 0 Å². The van der Waals surface area contributed by atoms with Crippen molar-refractivity contribution in [1.29, 1.82) is 0 Å². The van der Waals surface area contributed by atoms with E-state index in [9.17, 15) is 0 Å². The SMILES string of the molecule is COc1ccc(C)cc1C(C)(C)CC(C)Br. The standard InChI is InChI=1S/C14H21BrO/c1-10-6-7-13(16-5)12(8-10)14(3,4)9-11(2)15/h6-8,11H,9H2,1-5H3. The molecule has 0 saturated carbocycles. The van der Waals surface area contributed by atoms with Crippen LogP contribution in [0, 0.1) is 6.92 Å². The smallest absolute Gasteiger partial charge is 0.122 e. The second kappa shape index (κ2) is 5.22. The van der Waals surface area contributed by atoms with Gasteiger partial charge in [0.2, 0.25) is 0 Å².